The normalized spacial score (nSPS) is 23.1. The number of hydrogen-bond acceptors (Lipinski definition) is 4. The summed E-state index contributed by atoms with van der Waals surface area (Å²) in [5.41, 5.74) is 6.82. The lowest BCUT2D eigenvalue weighted by Gasteiger charge is -2.39. The van der Waals surface area contributed by atoms with Gasteiger partial charge in [-0.3, -0.25) is 4.90 Å². The summed E-state index contributed by atoms with van der Waals surface area (Å²) in [5.74, 6) is 0.0614. The lowest BCUT2D eigenvalue weighted by Crippen LogP contribution is -2.50. The predicted molar refractivity (Wildman–Crippen MR) is 74.3 cm³/mol. The third-order valence-electron chi connectivity index (χ3n) is 4.17. The zero-order valence-corrected chi connectivity index (χ0v) is 11.3. The van der Waals surface area contributed by atoms with Crippen molar-refractivity contribution in [2.24, 2.45) is 0 Å². The first-order chi connectivity index (χ1) is 9.63. The Hall–Kier alpha value is -1.56. The van der Waals surface area contributed by atoms with Crippen LogP contribution in [-0.2, 0) is 0 Å². The molecule has 2 aliphatic rings. The molecule has 1 aromatic carbocycles. The number of piperazine rings is 1. The molecule has 6 heteroatoms. The highest BCUT2D eigenvalue weighted by atomic mass is 19.3. The zero-order chi connectivity index (χ0) is 14.1. The first-order valence-corrected chi connectivity index (χ1v) is 6.97. The Morgan fingerprint density at radius 3 is 2.90 bits per heavy atom. The van der Waals surface area contributed by atoms with Gasteiger partial charge in [-0.1, -0.05) is 0 Å². The van der Waals surface area contributed by atoms with E-state index in [0.717, 1.165) is 25.3 Å². The second kappa shape index (κ2) is 5.44. The standard InChI is InChI=1S/C14H19F2N3O/c15-14(16)20-13-8-10(3-4-12(13)17)19-7-6-18-5-1-2-11(18)9-19/h3-4,8,11,14H,1-2,5-7,9,17H2. The van der Waals surface area contributed by atoms with Gasteiger partial charge >= 0.3 is 6.61 Å². The summed E-state index contributed by atoms with van der Waals surface area (Å²) in [6.45, 7) is 1.21. The molecule has 1 unspecified atom stereocenters. The van der Waals surface area contributed by atoms with Crippen molar-refractivity contribution in [2.45, 2.75) is 25.5 Å². The number of nitrogens with zero attached hydrogens (tertiary/aromatic N) is 2. The van der Waals surface area contributed by atoms with Crippen LogP contribution < -0.4 is 15.4 Å². The quantitative estimate of drug-likeness (QED) is 0.863. The molecule has 0 radical (unpaired) electrons. The highest BCUT2D eigenvalue weighted by molar-refractivity contribution is 5.62. The van der Waals surface area contributed by atoms with Crippen molar-refractivity contribution in [3.05, 3.63) is 18.2 Å². The van der Waals surface area contributed by atoms with E-state index in [1.807, 2.05) is 6.07 Å². The number of fused-ring (bicyclic) bond motifs is 1. The minimum Gasteiger partial charge on any atom is -0.433 e. The lowest BCUT2D eigenvalue weighted by molar-refractivity contribution is -0.0493. The number of halogens is 2. The minimum atomic E-state index is -2.85. The van der Waals surface area contributed by atoms with Gasteiger partial charge in [-0.15, -0.1) is 0 Å². The molecule has 3 rings (SSSR count). The van der Waals surface area contributed by atoms with Crippen LogP contribution in [0.1, 0.15) is 12.8 Å². The summed E-state index contributed by atoms with van der Waals surface area (Å²) in [4.78, 5) is 4.73. The maximum absolute atomic E-state index is 12.4. The van der Waals surface area contributed by atoms with Gasteiger partial charge in [-0.05, 0) is 31.5 Å². The fourth-order valence-corrected chi connectivity index (χ4v) is 3.14. The molecular formula is C14H19F2N3O. The van der Waals surface area contributed by atoms with Gasteiger partial charge in [0.05, 0.1) is 5.69 Å². The van der Waals surface area contributed by atoms with Crippen LogP contribution in [0.5, 0.6) is 5.75 Å². The molecule has 0 bridgehead atoms. The van der Waals surface area contributed by atoms with E-state index >= 15 is 0 Å². The molecule has 0 saturated carbocycles. The topological polar surface area (TPSA) is 41.7 Å². The summed E-state index contributed by atoms with van der Waals surface area (Å²) < 4.78 is 29.2. The molecular weight excluding hydrogens is 264 g/mol. The number of nitrogen functional groups attached to an aromatic ring is 1. The van der Waals surface area contributed by atoms with E-state index < -0.39 is 6.61 Å². The van der Waals surface area contributed by atoms with Gasteiger partial charge in [0, 0.05) is 37.4 Å². The van der Waals surface area contributed by atoms with Crippen LogP contribution in [0.3, 0.4) is 0 Å². The van der Waals surface area contributed by atoms with E-state index in [-0.39, 0.29) is 11.4 Å². The first-order valence-electron chi connectivity index (χ1n) is 6.97. The van der Waals surface area contributed by atoms with E-state index in [2.05, 4.69) is 14.5 Å². The zero-order valence-electron chi connectivity index (χ0n) is 11.3. The van der Waals surface area contributed by atoms with Crippen LogP contribution in [0.2, 0.25) is 0 Å². The lowest BCUT2D eigenvalue weighted by atomic mass is 10.1. The number of anilines is 2. The Bertz CT molecular complexity index is 483. The van der Waals surface area contributed by atoms with Crippen molar-refractivity contribution in [3.63, 3.8) is 0 Å². The molecule has 2 aliphatic heterocycles. The molecule has 20 heavy (non-hydrogen) atoms. The Kier molecular flexibility index (Phi) is 3.65. The Balaban J connectivity index is 1.76. The van der Waals surface area contributed by atoms with Crippen LogP contribution >= 0.6 is 0 Å². The molecule has 2 saturated heterocycles. The molecule has 110 valence electrons. The maximum atomic E-state index is 12.4. The number of benzene rings is 1. The second-order valence-electron chi connectivity index (χ2n) is 5.38. The minimum absolute atomic E-state index is 0.0614. The highest BCUT2D eigenvalue weighted by Gasteiger charge is 2.30. The van der Waals surface area contributed by atoms with Gasteiger partial charge in [0.2, 0.25) is 0 Å². The van der Waals surface area contributed by atoms with E-state index in [4.69, 9.17) is 5.73 Å². The summed E-state index contributed by atoms with van der Waals surface area (Å²) in [5, 5.41) is 0. The molecule has 2 fully saturated rings. The number of nitrogens with two attached hydrogens (primary N) is 1. The van der Waals surface area contributed by atoms with Crippen LogP contribution in [0.15, 0.2) is 18.2 Å². The fraction of sp³-hybridized carbons (Fsp3) is 0.571. The van der Waals surface area contributed by atoms with Crippen molar-refractivity contribution in [1.29, 1.82) is 0 Å². The fourth-order valence-electron chi connectivity index (χ4n) is 3.14. The van der Waals surface area contributed by atoms with E-state index in [1.54, 1.807) is 12.1 Å². The Morgan fingerprint density at radius 2 is 2.10 bits per heavy atom. The molecule has 0 aliphatic carbocycles. The number of rotatable bonds is 3. The number of ether oxygens (including phenoxy) is 1. The third-order valence-corrected chi connectivity index (χ3v) is 4.17. The Morgan fingerprint density at radius 1 is 1.25 bits per heavy atom. The van der Waals surface area contributed by atoms with Crippen LogP contribution in [0.25, 0.3) is 0 Å². The molecule has 1 aromatic rings. The largest absolute Gasteiger partial charge is 0.433 e. The average Bonchev–Trinajstić information content (AvgIpc) is 2.88. The average molecular weight is 283 g/mol. The predicted octanol–water partition coefficient (Wildman–Crippen LogP) is 2.15. The second-order valence-corrected chi connectivity index (χ2v) is 5.38. The van der Waals surface area contributed by atoms with Crippen LogP contribution in [0, 0.1) is 0 Å². The van der Waals surface area contributed by atoms with Crippen molar-refractivity contribution in [3.8, 4) is 5.75 Å². The van der Waals surface area contributed by atoms with Gasteiger partial charge in [0.1, 0.15) is 0 Å². The number of alkyl halides is 2. The van der Waals surface area contributed by atoms with Crippen LogP contribution in [0.4, 0.5) is 20.2 Å². The molecule has 4 nitrogen and oxygen atoms in total. The molecule has 2 heterocycles. The number of hydrogen-bond donors (Lipinski definition) is 1. The van der Waals surface area contributed by atoms with Gasteiger partial charge in [0.25, 0.3) is 0 Å². The van der Waals surface area contributed by atoms with Crippen molar-refractivity contribution >= 4 is 11.4 Å². The summed E-state index contributed by atoms with van der Waals surface area (Å²) >= 11 is 0. The smallest absolute Gasteiger partial charge is 0.387 e. The van der Waals surface area contributed by atoms with Gasteiger partial charge in [-0.25, -0.2) is 0 Å². The van der Waals surface area contributed by atoms with Crippen molar-refractivity contribution in [2.75, 3.05) is 36.8 Å². The molecule has 0 amide bonds. The molecule has 0 aromatic heterocycles. The van der Waals surface area contributed by atoms with E-state index in [1.165, 1.54) is 19.4 Å². The highest BCUT2D eigenvalue weighted by Crippen LogP contribution is 2.31. The van der Waals surface area contributed by atoms with E-state index in [0.29, 0.717) is 6.04 Å². The summed E-state index contributed by atoms with van der Waals surface area (Å²) in [6.07, 6.45) is 2.46. The van der Waals surface area contributed by atoms with Gasteiger partial charge in [-0.2, -0.15) is 8.78 Å². The maximum Gasteiger partial charge on any atom is 0.387 e. The van der Waals surface area contributed by atoms with E-state index in [9.17, 15) is 8.78 Å². The summed E-state index contributed by atoms with van der Waals surface area (Å²) in [7, 11) is 0. The molecule has 1 atom stereocenters. The van der Waals surface area contributed by atoms with Gasteiger partial charge < -0.3 is 15.4 Å². The SMILES string of the molecule is Nc1ccc(N2CCN3CCCC3C2)cc1OC(F)F. The summed E-state index contributed by atoms with van der Waals surface area (Å²) in [6, 6.07) is 5.71. The monoisotopic (exact) mass is 283 g/mol. The molecule has 0 spiro atoms. The van der Waals surface area contributed by atoms with Crippen molar-refractivity contribution < 1.29 is 13.5 Å². The third kappa shape index (κ3) is 2.65. The van der Waals surface area contributed by atoms with Crippen molar-refractivity contribution in [1.82, 2.24) is 4.90 Å². The Labute approximate surface area is 117 Å². The van der Waals surface area contributed by atoms with Gasteiger partial charge in [0.15, 0.2) is 5.75 Å². The van der Waals surface area contributed by atoms with Crippen LogP contribution in [-0.4, -0.2) is 43.7 Å². The molecule has 2 N–H and O–H groups in total. The first kappa shape index (κ1) is 13.4.